The summed E-state index contributed by atoms with van der Waals surface area (Å²) in [5.41, 5.74) is 1.08. The number of benzene rings is 2. The van der Waals surface area contributed by atoms with Gasteiger partial charge in [0.1, 0.15) is 5.75 Å². The normalized spacial score (nSPS) is 11.8. The van der Waals surface area contributed by atoms with Gasteiger partial charge in [0.05, 0.1) is 12.0 Å². The Morgan fingerprint density at radius 1 is 1.08 bits per heavy atom. The maximum Gasteiger partial charge on any atom is 0.242 e. The lowest BCUT2D eigenvalue weighted by molar-refractivity contribution is 0.104. The van der Waals surface area contributed by atoms with Crippen molar-refractivity contribution in [2.45, 2.75) is 4.90 Å². The molecule has 0 N–H and O–H groups in total. The van der Waals surface area contributed by atoms with Gasteiger partial charge in [0.25, 0.3) is 0 Å². The molecular weight excluding hydrogens is 326 g/mol. The van der Waals surface area contributed by atoms with Crippen LogP contribution in [0.2, 0.25) is 0 Å². The maximum absolute atomic E-state index is 12.3. The van der Waals surface area contributed by atoms with Gasteiger partial charge < -0.3 is 4.74 Å². The second kappa shape index (κ2) is 7.42. The molecule has 0 aliphatic carbocycles. The smallest absolute Gasteiger partial charge is 0.242 e. The molecule has 0 radical (unpaired) electrons. The Balaban J connectivity index is 2.30. The van der Waals surface area contributed by atoms with E-state index in [4.69, 9.17) is 4.74 Å². The van der Waals surface area contributed by atoms with Crippen LogP contribution in [0, 0.1) is 0 Å². The van der Waals surface area contributed by atoms with Crippen molar-refractivity contribution >= 4 is 21.9 Å². The van der Waals surface area contributed by atoms with E-state index in [0.717, 1.165) is 9.87 Å². The Hall–Kier alpha value is -2.44. The van der Waals surface area contributed by atoms with E-state index in [0.29, 0.717) is 11.3 Å². The van der Waals surface area contributed by atoms with Crippen molar-refractivity contribution < 1.29 is 17.9 Å². The topological polar surface area (TPSA) is 63.7 Å². The van der Waals surface area contributed by atoms with E-state index in [2.05, 4.69) is 0 Å². The van der Waals surface area contributed by atoms with Crippen LogP contribution in [0.4, 0.5) is 0 Å². The Morgan fingerprint density at radius 2 is 1.79 bits per heavy atom. The number of sulfonamides is 1. The minimum Gasteiger partial charge on any atom is -0.496 e. The Labute approximate surface area is 142 Å². The number of para-hydroxylation sites is 1. The van der Waals surface area contributed by atoms with Crippen molar-refractivity contribution in [1.29, 1.82) is 0 Å². The van der Waals surface area contributed by atoms with Crippen LogP contribution in [-0.2, 0) is 10.0 Å². The Morgan fingerprint density at radius 3 is 2.46 bits per heavy atom. The average molecular weight is 345 g/mol. The SMILES string of the molecule is COc1ccccc1/C=C/C(=O)c1cccc(S(=O)(=O)N(C)C)c1. The quantitative estimate of drug-likeness (QED) is 0.596. The van der Waals surface area contributed by atoms with Crippen molar-refractivity contribution in [2.75, 3.05) is 21.2 Å². The van der Waals surface area contributed by atoms with Crippen LogP contribution in [0.5, 0.6) is 5.75 Å². The van der Waals surface area contributed by atoms with Crippen LogP contribution in [-0.4, -0.2) is 39.7 Å². The van der Waals surface area contributed by atoms with E-state index >= 15 is 0 Å². The molecule has 0 aromatic heterocycles. The molecule has 0 aliphatic heterocycles. The van der Waals surface area contributed by atoms with Crippen LogP contribution >= 0.6 is 0 Å². The van der Waals surface area contributed by atoms with Gasteiger partial charge in [-0.05, 0) is 30.4 Å². The molecule has 0 unspecified atom stereocenters. The second-order valence-electron chi connectivity index (χ2n) is 5.25. The van der Waals surface area contributed by atoms with Gasteiger partial charge in [0.2, 0.25) is 10.0 Å². The van der Waals surface area contributed by atoms with Crippen molar-refractivity contribution in [2.24, 2.45) is 0 Å². The summed E-state index contributed by atoms with van der Waals surface area (Å²) >= 11 is 0. The summed E-state index contributed by atoms with van der Waals surface area (Å²) in [6.45, 7) is 0. The summed E-state index contributed by atoms with van der Waals surface area (Å²) < 4.78 is 30.6. The van der Waals surface area contributed by atoms with Gasteiger partial charge in [0.15, 0.2) is 5.78 Å². The van der Waals surface area contributed by atoms with Crippen molar-refractivity contribution in [1.82, 2.24) is 4.31 Å². The first-order valence-corrected chi connectivity index (χ1v) is 8.68. The standard InChI is InChI=1S/C18H19NO4S/c1-19(2)24(21,22)16-9-6-8-15(13-16)17(20)12-11-14-7-4-5-10-18(14)23-3/h4-13H,1-3H3/b12-11+. The van der Waals surface area contributed by atoms with E-state index in [-0.39, 0.29) is 10.7 Å². The highest BCUT2D eigenvalue weighted by atomic mass is 32.2. The van der Waals surface area contributed by atoms with Crippen molar-refractivity contribution in [3.8, 4) is 5.75 Å². The first kappa shape index (κ1) is 17.9. The zero-order valence-electron chi connectivity index (χ0n) is 13.8. The molecule has 0 bridgehead atoms. The highest BCUT2D eigenvalue weighted by molar-refractivity contribution is 7.89. The van der Waals surface area contributed by atoms with Gasteiger partial charge in [-0.1, -0.05) is 30.3 Å². The number of rotatable bonds is 6. The molecule has 0 aliphatic rings. The second-order valence-corrected chi connectivity index (χ2v) is 7.41. The van der Waals surface area contributed by atoms with Gasteiger partial charge in [0, 0.05) is 25.2 Å². The molecule has 0 atom stereocenters. The molecule has 0 saturated heterocycles. The number of carbonyl (C=O) groups excluding carboxylic acids is 1. The maximum atomic E-state index is 12.3. The predicted octanol–water partition coefficient (Wildman–Crippen LogP) is 2.84. The van der Waals surface area contributed by atoms with E-state index in [1.807, 2.05) is 18.2 Å². The first-order valence-electron chi connectivity index (χ1n) is 7.24. The number of methoxy groups -OCH3 is 1. The molecule has 0 fully saturated rings. The van der Waals surface area contributed by atoms with Gasteiger partial charge in [-0.2, -0.15) is 0 Å². The average Bonchev–Trinajstić information content (AvgIpc) is 2.59. The Kier molecular flexibility index (Phi) is 5.54. The van der Waals surface area contributed by atoms with E-state index in [1.165, 1.54) is 32.3 Å². The van der Waals surface area contributed by atoms with E-state index in [1.54, 1.807) is 31.4 Å². The highest BCUT2D eigenvalue weighted by Crippen LogP contribution is 2.20. The summed E-state index contributed by atoms with van der Waals surface area (Å²) in [6.07, 6.45) is 3.05. The van der Waals surface area contributed by atoms with E-state index in [9.17, 15) is 13.2 Å². The molecule has 6 heteroatoms. The van der Waals surface area contributed by atoms with Crippen LogP contribution in [0.15, 0.2) is 59.5 Å². The fourth-order valence-electron chi connectivity index (χ4n) is 2.09. The van der Waals surface area contributed by atoms with E-state index < -0.39 is 10.0 Å². The third-order valence-electron chi connectivity index (χ3n) is 3.45. The minimum atomic E-state index is -3.57. The van der Waals surface area contributed by atoms with Crippen LogP contribution in [0.25, 0.3) is 6.08 Å². The number of hydrogen-bond donors (Lipinski definition) is 0. The molecule has 126 valence electrons. The van der Waals surface area contributed by atoms with Gasteiger partial charge in [-0.25, -0.2) is 12.7 Å². The molecule has 0 heterocycles. The van der Waals surface area contributed by atoms with Gasteiger partial charge in [-0.15, -0.1) is 0 Å². The summed E-state index contributed by atoms with van der Waals surface area (Å²) in [5.74, 6) is 0.377. The predicted molar refractivity (Wildman–Crippen MR) is 93.7 cm³/mol. The number of carbonyl (C=O) groups is 1. The highest BCUT2D eigenvalue weighted by Gasteiger charge is 2.18. The zero-order chi connectivity index (χ0) is 17.7. The largest absolute Gasteiger partial charge is 0.496 e. The monoisotopic (exact) mass is 345 g/mol. The lowest BCUT2D eigenvalue weighted by atomic mass is 10.1. The van der Waals surface area contributed by atoms with Crippen LogP contribution in [0.3, 0.4) is 0 Å². The summed E-state index contributed by atoms with van der Waals surface area (Å²) in [4.78, 5) is 12.4. The molecule has 24 heavy (non-hydrogen) atoms. The molecule has 0 amide bonds. The van der Waals surface area contributed by atoms with Crippen LogP contribution < -0.4 is 4.74 Å². The third kappa shape index (κ3) is 3.90. The number of ketones is 1. The van der Waals surface area contributed by atoms with Gasteiger partial charge >= 0.3 is 0 Å². The fraction of sp³-hybridized carbons (Fsp3) is 0.167. The zero-order valence-corrected chi connectivity index (χ0v) is 14.6. The van der Waals surface area contributed by atoms with Crippen molar-refractivity contribution in [3.63, 3.8) is 0 Å². The molecule has 2 rings (SSSR count). The Bertz CT molecular complexity index is 870. The third-order valence-corrected chi connectivity index (χ3v) is 5.26. The lowest BCUT2D eigenvalue weighted by Crippen LogP contribution is -2.22. The first-order chi connectivity index (χ1) is 11.4. The molecule has 0 spiro atoms. The molecule has 2 aromatic rings. The number of nitrogens with zero attached hydrogens (tertiary/aromatic N) is 1. The summed E-state index contributed by atoms with van der Waals surface area (Å²) in [5, 5.41) is 0. The summed E-state index contributed by atoms with van der Waals surface area (Å²) in [7, 11) is 0.886. The number of hydrogen-bond acceptors (Lipinski definition) is 4. The van der Waals surface area contributed by atoms with Crippen molar-refractivity contribution in [3.05, 3.63) is 65.7 Å². The fourth-order valence-corrected chi connectivity index (χ4v) is 3.03. The summed E-state index contributed by atoms with van der Waals surface area (Å²) in [6, 6.07) is 13.3. The lowest BCUT2D eigenvalue weighted by Gasteiger charge is -2.11. The molecular formula is C18H19NO4S. The molecule has 0 saturated carbocycles. The number of allylic oxidation sites excluding steroid dienone is 1. The molecule has 2 aromatic carbocycles. The number of ether oxygens (including phenoxy) is 1. The minimum absolute atomic E-state index is 0.0871. The van der Waals surface area contributed by atoms with Crippen LogP contribution in [0.1, 0.15) is 15.9 Å². The molecule has 5 nitrogen and oxygen atoms in total. The van der Waals surface area contributed by atoms with Gasteiger partial charge in [-0.3, -0.25) is 4.79 Å².